The van der Waals surface area contributed by atoms with Crippen molar-refractivity contribution in [2.75, 3.05) is 39.8 Å². The zero-order chi connectivity index (χ0) is 8.27. The number of rotatable bonds is 2. The molecule has 0 radical (unpaired) electrons. The molecule has 2 nitrogen and oxygen atoms in total. The third-order valence-corrected chi connectivity index (χ3v) is 2.21. The minimum Gasteiger partial charge on any atom is -0.432 e. The normalized spacial score (nSPS) is 20.1. The number of thiocarbonyl (C=S) groups is 1. The summed E-state index contributed by atoms with van der Waals surface area (Å²) in [6.07, 6.45) is 0. The second kappa shape index (κ2) is 7.20. The fourth-order valence-electron chi connectivity index (χ4n) is 1.19. The molecule has 0 aliphatic carbocycles. The summed E-state index contributed by atoms with van der Waals surface area (Å²) in [5.74, 6) is 0. The van der Waals surface area contributed by atoms with Crippen molar-refractivity contribution < 1.29 is 51.4 Å². The van der Waals surface area contributed by atoms with Crippen LogP contribution in [0.1, 0.15) is 0 Å². The topological polar surface area (TPSA) is 6.48 Å². The van der Waals surface area contributed by atoms with Crippen LogP contribution in [-0.2, 0) is 12.6 Å². The van der Waals surface area contributed by atoms with Crippen LogP contribution in [0.3, 0.4) is 0 Å². The summed E-state index contributed by atoms with van der Waals surface area (Å²) in [5.41, 5.74) is 0. The maximum Gasteiger partial charge on any atom is 1.00 e. The Morgan fingerprint density at radius 3 is 2.25 bits per heavy atom. The first-order valence-corrected chi connectivity index (χ1v) is 4.61. The molecule has 12 heavy (non-hydrogen) atoms. The van der Waals surface area contributed by atoms with Crippen LogP contribution in [0.15, 0.2) is 0 Å². The minimum absolute atomic E-state index is 0. The molecule has 1 saturated heterocycles. The third-order valence-electron chi connectivity index (χ3n) is 1.95. The zero-order valence-corrected chi connectivity index (χ0v) is 12.5. The number of nitrogens with zero attached hydrogens (tertiary/aromatic N) is 2. The molecule has 64 valence electrons. The Bertz CT molecular complexity index is 146. The van der Waals surface area contributed by atoms with Crippen molar-refractivity contribution in [1.29, 1.82) is 0 Å². The van der Waals surface area contributed by atoms with E-state index in [-0.39, 0.29) is 51.4 Å². The van der Waals surface area contributed by atoms with Gasteiger partial charge in [-0.1, -0.05) is 0 Å². The fourth-order valence-corrected chi connectivity index (χ4v) is 1.55. The van der Waals surface area contributed by atoms with Crippen molar-refractivity contribution in [2.24, 2.45) is 0 Å². The number of piperazine rings is 1. The van der Waals surface area contributed by atoms with E-state index in [2.05, 4.69) is 16.8 Å². The Labute approximate surface area is 128 Å². The molecular weight excluding hydrogens is 215 g/mol. The van der Waals surface area contributed by atoms with E-state index in [1.54, 1.807) is 0 Å². The molecule has 0 atom stereocenters. The maximum atomic E-state index is 4.87. The molecule has 0 aromatic heterocycles. The van der Waals surface area contributed by atoms with E-state index < -0.39 is 0 Å². The van der Waals surface area contributed by atoms with E-state index in [4.69, 9.17) is 24.8 Å². The van der Waals surface area contributed by atoms with Crippen LogP contribution in [0.5, 0.6) is 0 Å². The van der Waals surface area contributed by atoms with Gasteiger partial charge in [0.05, 0.1) is 0 Å². The summed E-state index contributed by atoms with van der Waals surface area (Å²) in [7, 11) is 2.14. The third kappa shape index (κ3) is 5.57. The fraction of sp³-hybridized carbons (Fsp3) is 0.857. The van der Waals surface area contributed by atoms with Crippen molar-refractivity contribution in [1.82, 2.24) is 9.80 Å². The van der Waals surface area contributed by atoms with E-state index in [0.29, 0.717) is 4.20 Å². The number of hydrogen-bond donors (Lipinski definition) is 0. The van der Waals surface area contributed by atoms with Gasteiger partial charge >= 0.3 is 51.4 Å². The van der Waals surface area contributed by atoms with Gasteiger partial charge in [-0.05, 0) is 7.05 Å². The van der Waals surface area contributed by atoms with Gasteiger partial charge in [0.1, 0.15) is 0 Å². The molecule has 1 rings (SSSR count). The molecule has 1 aliphatic heterocycles. The summed E-state index contributed by atoms with van der Waals surface area (Å²) in [6.45, 7) is 5.30. The predicted molar refractivity (Wildman–Crippen MR) is 53.9 cm³/mol. The molecule has 0 amide bonds. The molecular formula is C7H13KN2S2. The predicted octanol–water partition coefficient (Wildman–Crippen LogP) is -2.89. The zero-order valence-electron chi connectivity index (χ0n) is 7.75. The van der Waals surface area contributed by atoms with Crippen LogP contribution in [0.25, 0.3) is 0 Å². The maximum absolute atomic E-state index is 4.87. The standard InChI is InChI=1S/C7H14N2S2.K/c1-8-2-4-9(5-3-8)6-7(10)11;/h2-6H2,1H3,(H,10,11);/q;+1/p-1. The molecule has 5 heteroatoms. The summed E-state index contributed by atoms with van der Waals surface area (Å²) in [5, 5.41) is 0. The van der Waals surface area contributed by atoms with Crippen molar-refractivity contribution >= 4 is 29.0 Å². The van der Waals surface area contributed by atoms with Gasteiger partial charge in [-0.3, -0.25) is 4.90 Å². The van der Waals surface area contributed by atoms with Gasteiger partial charge in [0, 0.05) is 32.7 Å². The van der Waals surface area contributed by atoms with E-state index in [1.165, 1.54) is 0 Å². The van der Waals surface area contributed by atoms with Gasteiger partial charge in [-0.25, -0.2) is 0 Å². The second-order valence-electron chi connectivity index (χ2n) is 2.95. The van der Waals surface area contributed by atoms with Gasteiger partial charge in [0.2, 0.25) is 0 Å². The Morgan fingerprint density at radius 1 is 1.33 bits per heavy atom. The van der Waals surface area contributed by atoms with Gasteiger partial charge in [0.25, 0.3) is 0 Å². The average molecular weight is 228 g/mol. The molecule has 0 saturated carbocycles. The first kappa shape index (κ1) is 13.9. The van der Waals surface area contributed by atoms with E-state index >= 15 is 0 Å². The van der Waals surface area contributed by atoms with Crippen LogP contribution >= 0.6 is 12.2 Å². The largest absolute Gasteiger partial charge is 1.00 e. The Hall–Kier alpha value is 1.87. The van der Waals surface area contributed by atoms with Gasteiger partial charge in [-0.15, -0.1) is 4.20 Å². The molecule has 1 fully saturated rings. The minimum atomic E-state index is 0. The first-order valence-electron chi connectivity index (χ1n) is 3.79. The summed E-state index contributed by atoms with van der Waals surface area (Å²) in [4.78, 5) is 4.64. The Morgan fingerprint density at radius 2 is 1.83 bits per heavy atom. The molecule has 0 spiro atoms. The quantitative estimate of drug-likeness (QED) is 0.284. The molecule has 1 aliphatic rings. The first-order chi connectivity index (χ1) is 5.18. The molecule has 1 heterocycles. The summed E-state index contributed by atoms with van der Waals surface area (Å²) < 4.78 is 0.689. The summed E-state index contributed by atoms with van der Waals surface area (Å²) >= 11 is 9.73. The molecule has 0 N–H and O–H groups in total. The monoisotopic (exact) mass is 228 g/mol. The van der Waals surface area contributed by atoms with Crippen LogP contribution in [0.4, 0.5) is 0 Å². The SMILES string of the molecule is CN1CCN(CC(=S)[S-])CC1.[K+]. The molecule has 0 bridgehead atoms. The second-order valence-corrected chi connectivity index (χ2v) is 4.20. The van der Waals surface area contributed by atoms with Crippen LogP contribution in [-0.4, -0.2) is 53.8 Å². The van der Waals surface area contributed by atoms with Gasteiger partial charge in [-0.2, -0.15) is 0 Å². The van der Waals surface area contributed by atoms with E-state index in [9.17, 15) is 0 Å². The van der Waals surface area contributed by atoms with Crippen LogP contribution < -0.4 is 51.4 Å². The smallest absolute Gasteiger partial charge is 0.432 e. The average Bonchev–Trinajstić information content (AvgIpc) is 1.93. The van der Waals surface area contributed by atoms with Gasteiger partial charge in [0.15, 0.2) is 0 Å². The Balaban J connectivity index is 0.00000121. The number of hydrogen-bond acceptors (Lipinski definition) is 4. The van der Waals surface area contributed by atoms with Crippen molar-refractivity contribution in [3.8, 4) is 0 Å². The van der Waals surface area contributed by atoms with Crippen LogP contribution in [0, 0.1) is 0 Å². The molecule has 0 unspecified atom stereocenters. The van der Waals surface area contributed by atoms with Crippen molar-refractivity contribution in [3.05, 3.63) is 0 Å². The molecule has 0 aromatic rings. The van der Waals surface area contributed by atoms with E-state index in [1.807, 2.05) is 0 Å². The Kier molecular flexibility index (Phi) is 8.32. The number of likely N-dealkylation sites (N-methyl/N-ethyl adjacent to an activating group) is 1. The van der Waals surface area contributed by atoms with Crippen LogP contribution in [0.2, 0.25) is 0 Å². The summed E-state index contributed by atoms with van der Waals surface area (Å²) in [6, 6.07) is 0. The molecule has 0 aromatic carbocycles. The van der Waals surface area contributed by atoms with Gasteiger partial charge < -0.3 is 29.7 Å². The van der Waals surface area contributed by atoms with Crippen molar-refractivity contribution in [3.63, 3.8) is 0 Å². The van der Waals surface area contributed by atoms with Crippen molar-refractivity contribution in [2.45, 2.75) is 0 Å². The van der Waals surface area contributed by atoms with E-state index in [0.717, 1.165) is 32.7 Å².